The average molecular weight is 345 g/mol. The lowest BCUT2D eigenvalue weighted by Crippen LogP contribution is -2.26. The van der Waals surface area contributed by atoms with Gasteiger partial charge in [0.25, 0.3) is 5.91 Å². The number of aromatic nitrogens is 1. The minimum atomic E-state index is -0.328. The Balaban J connectivity index is 2.05. The summed E-state index contributed by atoms with van der Waals surface area (Å²) in [5.74, 6) is -0.328. The van der Waals surface area contributed by atoms with Gasteiger partial charge in [-0.25, -0.2) is 10.1 Å². The second-order valence-electron chi connectivity index (χ2n) is 5.58. The predicted molar refractivity (Wildman–Crippen MR) is 102 cm³/mol. The molecule has 3 rings (SSSR count). The highest BCUT2D eigenvalue weighted by atomic mass is 16.7. The predicted octanol–water partition coefficient (Wildman–Crippen LogP) is 3.88. The number of nitrogens with zero attached hydrogens (tertiary/aromatic N) is 3. The number of hydrogen-bond donors (Lipinski definition) is 0. The quantitative estimate of drug-likeness (QED) is 0.521. The van der Waals surface area contributed by atoms with Gasteiger partial charge < -0.3 is 0 Å². The summed E-state index contributed by atoms with van der Waals surface area (Å²) in [6.07, 6.45) is 1.57. The van der Waals surface area contributed by atoms with E-state index in [4.69, 9.17) is 9.83 Å². The Labute approximate surface area is 152 Å². The molecule has 26 heavy (non-hydrogen) atoms. The molecule has 0 saturated carbocycles. The van der Waals surface area contributed by atoms with Gasteiger partial charge in [-0.15, -0.1) is 0 Å². The van der Waals surface area contributed by atoms with Crippen molar-refractivity contribution in [3.8, 4) is 0 Å². The van der Waals surface area contributed by atoms with Gasteiger partial charge in [0.1, 0.15) is 5.69 Å². The largest absolute Gasteiger partial charge is 0.295 e. The molecule has 3 aromatic rings. The Morgan fingerprint density at radius 3 is 2.08 bits per heavy atom. The number of carbonyl (C=O) groups is 1. The maximum Gasteiger partial charge on any atom is 0.295 e. The molecule has 0 N–H and O–H groups in total. The van der Waals surface area contributed by atoms with E-state index in [2.05, 4.69) is 4.98 Å². The molecular weight excluding hydrogens is 326 g/mol. The third-order valence-corrected chi connectivity index (χ3v) is 3.86. The van der Waals surface area contributed by atoms with Gasteiger partial charge in [-0.05, 0) is 12.1 Å². The van der Waals surface area contributed by atoms with Gasteiger partial charge in [-0.3, -0.25) is 14.6 Å². The van der Waals surface area contributed by atoms with Crippen molar-refractivity contribution >= 4 is 17.3 Å². The second-order valence-corrected chi connectivity index (χ2v) is 5.58. The van der Waals surface area contributed by atoms with Crippen LogP contribution in [0, 0.1) is 0 Å². The summed E-state index contributed by atoms with van der Waals surface area (Å²) < 4.78 is 0. The van der Waals surface area contributed by atoms with Crippen LogP contribution in [0.2, 0.25) is 0 Å². The van der Waals surface area contributed by atoms with Crippen molar-refractivity contribution < 1.29 is 9.63 Å². The molecule has 1 amide bonds. The number of amides is 1. The minimum Gasteiger partial charge on any atom is -0.274 e. The monoisotopic (exact) mass is 345 g/mol. The first kappa shape index (κ1) is 17.5. The molecule has 0 spiro atoms. The number of hydrogen-bond acceptors (Lipinski definition) is 4. The van der Waals surface area contributed by atoms with Crippen molar-refractivity contribution in [2.45, 2.75) is 0 Å². The molecule has 0 aliphatic carbocycles. The number of carbonyl (C=O) groups excluding carboxylic acids is 1. The molecule has 5 heteroatoms. The number of aliphatic imine (C=N–C) groups is 1. The van der Waals surface area contributed by atoms with Gasteiger partial charge >= 0.3 is 0 Å². The third-order valence-electron chi connectivity index (χ3n) is 3.86. The molecule has 2 aromatic carbocycles. The van der Waals surface area contributed by atoms with Crippen molar-refractivity contribution in [2.75, 3.05) is 14.2 Å². The highest BCUT2D eigenvalue weighted by molar-refractivity contribution is 6.14. The number of benzene rings is 2. The minimum absolute atomic E-state index is 0.274. The molecule has 0 atom stereocenters. The maximum atomic E-state index is 12.2. The first-order valence-corrected chi connectivity index (χ1v) is 8.17. The Morgan fingerprint density at radius 2 is 1.54 bits per heavy atom. The number of rotatable bonds is 5. The highest BCUT2D eigenvalue weighted by Crippen LogP contribution is 2.19. The van der Waals surface area contributed by atoms with Crippen LogP contribution in [0.25, 0.3) is 0 Å². The zero-order chi connectivity index (χ0) is 18.4. The smallest absolute Gasteiger partial charge is 0.274 e. The highest BCUT2D eigenvalue weighted by Gasteiger charge is 2.14. The van der Waals surface area contributed by atoms with Crippen LogP contribution < -0.4 is 0 Å². The van der Waals surface area contributed by atoms with E-state index in [1.54, 1.807) is 25.4 Å². The molecule has 0 unspecified atom stereocenters. The summed E-state index contributed by atoms with van der Waals surface area (Å²) in [6, 6.07) is 23.3. The second kappa shape index (κ2) is 8.18. The summed E-state index contributed by atoms with van der Waals surface area (Å²) in [6.45, 7) is 0. The van der Waals surface area contributed by atoms with Crippen LogP contribution in [0.5, 0.6) is 0 Å². The van der Waals surface area contributed by atoms with Gasteiger partial charge in [-0.1, -0.05) is 60.7 Å². The normalized spacial score (nSPS) is 10.2. The van der Waals surface area contributed by atoms with E-state index in [0.29, 0.717) is 5.69 Å². The van der Waals surface area contributed by atoms with E-state index >= 15 is 0 Å². The molecule has 130 valence electrons. The van der Waals surface area contributed by atoms with Gasteiger partial charge in [-0.2, -0.15) is 0 Å². The fourth-order valence-electron chi connectivity index (χ4n) is 2.47. The van der Waals surface area contributed by atoms with Gasteiger partial charge in [0, 0.05) is 24.4 Å². The van der Waals surface area contributed by atoms with Crippen LogP contribution in [0.3, 0.4) is 0 Å². The molecule has 0 aliphatic rings. The fraction of sp³-hybridized carbons (Fsp3) is 0.0952. The van der Waals surface area contributed by atoms with Crippen LogP contribution in [0.15, 0.2) is 84.0 Å². The molecule has 0 aliphatic heterocycles. The van der Waals surface area contributed by atoms with Gasteiger partial charge in [0.2, 0.25) is 0 Å². The number of hydroxylamine groups is 2. The Bertz CT molecular complexity index is 867. The van der Waals surface area contributed by atoms with Gasteiger partial charge in [0.15, 0.2) is 0 Å². The summed E-state index contributed by atoms with van der Waals surface area (Å²) >= 11 is 0. The van der Waals surface area contributed by atoms with Crippen LogP contribution in [-0.2, 0) is 4.84 Å². The summed E-state index contributed by atoms with van der Waals surface area (Å²) in [7, 11) is 2.97. The zero-order valence-corrected chi connectivity index (χ0v) is 14.7. The van der Waals surface area contributed by atoms with Crippen molar-refractivity contribution in [1.29, 1.82) is 0 Å². The van der Waals surface area contributed by atoms with Crippen molar-refractivity contribution in [1.82, 2.24) is 10.0 Å². The van der Waals surface area contributed by atoms with Crippen LogP contribution in [0.1, 0.15) is 21.6 Å². The van der Waals surface area contributed by atoms with E-state index in [1.807, 2.05) is 60.7 Å². The van der Waals surface area contributed by atoms with Gasteiger partial charge in [0.05, 0.1) is 18.5 Å². The fourth-order valence-corrected chi connectivity index (χ4v) is 2.47. The summed E-state index contributed by atoms with van der Waals surface area (Å²) in [4.78, 5) is 26.1. The topological polar surface area (TPSA) is 54.8 Å². The SMILES string of the molecule is CON(C)C(=O)c1cc(N=C(c2ccccc2)c2ccccc2)ccn1. The van der Waals surface area contributed by atoms with Crippen LogP contribution >= 0.6 is 0 Å². The van der Waals surface area contributed by atoms with Crippen molar-refractivity contribution in [3.05, 3.63) is 95.8 Å². The number of pyridine rings is 1. The van der Waals surface area contributed by atoms with Crippen molar-refractivity contribution in [3.63, 3.8) is 0 Å². The molecule has 0 fully saturated rings. The average Bonchev–Trinajstić information content (AvgIpc) is 2.72. The molecular formula is C21H19N3O2. The first-order chi connectivity index (χ1) is 12.7. The Kier molecular flexibility index (Phi) is 5.51. The lowest BCUT2D eigenvalue weighted by molar-refractivity contribution is -0.0760. The van der Waals surface area contributed by atoms with Crippen molar-refractivity contribution in [2.24, 2.45) is 4.99 Å². The molecule has 0 bridgehead atoms. The molecule has 0 radical (unpaired) electrons. The summed E-state index contributed by atoms with van der Waals surface area (Å²) in [5.41, 5.74) is 3.75. The first-order valence-electron chi connectivity index (χ1n) is 8.17. The summed E-state index contributed by atoms with van der Waals surface area (Å²) in [5, 5.41) is 1.13. The van der Waals surface area contributed by atoms with E-state index in [0.717, 1.165) is 21.9 Å². The lowest BCUT2D eigenvalue weighted by Gasteiger charge is -2.13. The van der Waals surface area contributed by atoms with E-state index in [9.17, 15) is 4.79 Å². The zero-order valence-electron chi connectivity index (χ0n) is 14.7. The Morgan fingerprint density at radius 1 is 0.962 bits per heavy atom. The molecule has 5 nitrogen and oxygen atoms in total. The molecule has 1 heterocycles. The standard InChI is InChI=1S/C21H19N3O2/c1-24(26-2)21(25)19-15-18(13-14-22-19)23-20(16-9-5-3-6-10-16)17-11-7-4-8-12-17/h3-15H,1-2H3. The van der Waals surface area contributed by atoms with E-state index in [-0.39, 0.29) is 11.6 Å². The van der Waals surface area contributed by atoms with Crippen LogP contribution in [0.4, 0.5) is 5.69 Å². The Hall–Kier alpha value is -3.31. The maximum absolute atomic E-state index is 12.2. The van der Waals surface area contributed by atoms with Crippen LogP contribution in [-0.4, -0.2) is 35.8 Å². The van der Waals surface area contributed by atoms with E-state index in [1.165, 1.54) is 7.11 Å². The third kappa shape index (κ3) is 4.02. The van der Waals surface area contributed by atoms with E-state index < -0.39 is 0 Å². The molecule has 1 aromatic heterocycles. The lowest BCUT2D eigenvalue weighted by atomic mass is 10.0. The molecule has 0 saturated heterocycles.